The number of aryl methyl sites for hydroxylation is 2. The second kappa shape index (κ2) is 6.63. The predicted molar refractivity (Wildman–Crippen MR) is 102 cm³/mol. The lowest BCUT2D eigenvalue weighted by molar-refractivity contribution is 0.101. The van der Waals surface area contributed by atoms with Crippen LogP contribution < -0.4 is 14.8 Å². The molecule has 0 saturated carbocycles. The number of nitrogens with one attached hydrogen (secondary N) is 1. The molecule has 2 heterocycles. The van der Waals surface area contributed by atoms with Crippen LogP contribution in [-0.2, 0) is 6.61 Å². The molecule has 0 fully saturated rings. The van der Waals surface area contributed by atoms with Gasteiger partial charge in [0.25, 0.3) is 5.91 Å². The molecule has 0 spiro atoms. The van der Waals surface area contributed by atoms with Gasteiger partial charge in [-0.3, -0.25) is 4.79 Å². The highest BCUT2D eigenvalue weighted by molar-refractivity contribution is 6.31. The van der Waals surface area contributed by atoms with E-state index in [2.05, 4.69) is 10.5 Å². The molecule has 1 N–H and O–H groups in total. The molecule has 138 valence electrons. The van der Waals surface area contributed by atoms with Crippen LogP contribution in [-0.4, -0.2) is 18.2 Å². The Morgan fingerprint density at radius 1 is 1.26 bits per heavy atom. The number of carbonyl (C=O) groups is 1. The number of halogens is 1. The van der Waals surface area contributed by atoms with Gasteiger partial charge in [-0.2, -0.15) is 0 Å². The summed E-state index contributed by atoms with van der Waals surface area (Å²) < 4.78 is 16.5. The molecule has 0 atom stereocenters. The van der Waals surface area contributed by atoms with Crippen molar-refractivity contribution in [1.29, 1.82) is 0 Å². The average Bonchev–Trinajstić information content (AvgIpc) is 3.09. The van der Waals surface area contributed by atoms with Crippen molar-refractivity contribution in [1.82, 2.24) is 5.16 Å². The number of carbonyl (C=O) groups excluding carboxylic acids is 1. The van der Waals surface area contributed by atoms with Crippen molar-refractivity contribution in [3.05, 3.63) is 57.7 Å². The van der Waals surface area contributed by atoms with Gasteiger partial charge in [-0.05, 0) is 37.6 Å². The molecule has 3 aromatic rings. The summed E-state index contributed by atoms with van der Waals surface area (Å²) in [5.74, 6) is 1.34. The first-order valence-electron chi connectivity index (χ1n) is 8.35. The summed E-state index contributed by atoms with van der Waals surface area (Å²) in [6, 6.07) is 9.21. The Morgan fingerprint density at radius 3 is 2.85 bits per heavy atom. The molecule has 2 aromatic carbocycles. The molecule has 0 aliphatic carbocycles. The summed E-state index contributed by atoms with van der Waals surface area (Å²) in [6.45, 7) is 4.05. The normalized spacial score (nSPS) is 12.0. The van der Waals surface area contributed by atoms with Gasteiger partial charge < -0.3 is 19.3 Å². The van der Waals surface area contributed by atoms with Crippen molar-refractivity contribution in [2.45, 2.75) is 20.5 Å². The number of benzene rings is 2. The molecule has 1 amide bonds. The van der Waals surface area contributed by atoms with Crippen molar-refractivity contribution < 1.29 is 18.8 Å². The number of aromatic nitrogens is 1. The molecule has 0 radical (unpaired) electrons. The molecule has 1 aliphatic rings. The zero-order valence-electron chi connectivity index (χ0n) is 15.1. The van der Waals surface area contributed by atoms with Crippen LogP contribution in [0.15, 0.2) is 34.9 Å². The molecule has 7 heteroatoms. The monoisotopic (exact) mass is 384 g/mol. The summed E-state index contributed by atoms with van der Waals surface area (Å²) in [5.41, 5.74) is 4.00. The van der Waals surface area contributed by atoms with Crippen molar-refractivity contribution in [3.63, 3.8) is 0 Å². The zero-order chi connectivity index (χ0) is 19.1. The van der Waals surface area contributed by atoms with Gasteiger partial charge in [0.2, 0.25) is 0 Å². The Hall–Kier alpha value is -2.99. The largest absolute Gasteiger partial charge is 0.495 e. The Balaban J connectivity index is 1.69. The van der Waals surface area contributed by atoms with E-state index in [4.69, 9.17) is 25.6 Å². The first kappa shape index (κ1) is 17.4. The summed E-state index contributed by atoms with van der Waals surface area (Å²) in [5, 5.41) is 7.36. The first-order chi connectivity index (χ1) is 13.0. The van der Waals surface area contributed by atoms with Gasteiger partial charge in [-0.15, -0.1) is 0 Å². The van der Waals surface area contributed by atoms with E-state index in [9.17, 15) is 4.79 Å². The molecule has 4 rings (SSSR count). The van der Waals surface area contributed by atoms with Gasteiger partial charge in [0.15, 0.2) is 11.5 Å². The van der Waals surface area contributed by atoms with Gasteiger partial charge >= 0.3 is 0 Å². The maximum absolute atomic E-state index is 12.8. The minimum atomic E-state index is -0.403. The Labute approximate surface area is 161 Å². The van der Waals surface area contributed by atoms with Gasteiger partial charge in [-0.25, -0.2) is 0 Å². The van der Waals surface area contributed by atoms with Gasteiger partial charge in [0.1, 0.15) is 18.1 Å². The summed E-state index contributed by atoms with van der Waals surface area (Å²) in [7, 11) is 1.52. The fourth-order valence-corrected chi connectivity index (χ4v) is 3.20. The second-order valence-corrected chi connectivity index (χ2v) is 6.79. The lowest BCUT2D eigenvalue weighted by atomic mass is 10.0. The zero-order valence-corrected chi connectivity index (χ0v) is 15.8. The molecule has 27 heavy (non-hydrogen) atoms. The summed E-state index contributed by atoms with van der Waals surface area (Å²) in [4.78, 5) is 12.8. The Kier molecular flexibility index (Phi) is 4.28. The molecule has 6 nitrogen and oxygen atoms in total. The summed E-state index contributed by atoms with van der Waals surface area (Å²) >= 11 is 6.12. The average molecular weight is 385 g/mol. The number of ether oxygens (including phenoxy) is 2. The van der Waals surface area contributed by atoms with Crippen LogP contribution in [0.5, 0.6) is 11.5 Å². The van der Waals surface area contributed by atoms with Crippen molar-refractivity contribution in [2.75, 3.05) is 12.4 Å². The van der Waals surface area contributed by atoms with Crippen LogP contribution in [0.25, 0.3) is 11.3 Å². The maximum Gasteiger partial charge on any atom is 0.278 e. The van der Waals surface area contributed by atoms with Crippen molar-refractivity contribution in [3.8, 4) is 22.8 Å². The van der Waals surface area contributed by atoms with Gasteiger partial charge in [0.05, 0.1) is 23.9 Å². The molecule has 0 bridgehead atoms. The van der Waals surface area contributed by atoms with Crippen molar-refractivity contribution >= 4 is 23.2 Å². The molecule has 1 aromatic heterocycles. The topological polar surface area (TPSA) is 73.6 Å². The number of rotatable bonds is 3. The smallest absolute Gasteiger partial charge is 0.278 e. The lowest BCUT2D eigenvalue weighted by Gasteiger charge is -2.17. The predicted octanol–water partition coefficient (Wildman–Crippen LogP) is 4.77. The standard InChI is InChI=1S/C20H17ClN2O4/c1-10-4-5-16-12(6-10)19-13(9-26-16)18(23-27-19)20(24)22-15-7-11(2)14(21)8-17(15)25-3/h4-8H,9H2,1-3H3,(H,22,24). The van der Waals surface area contributed by atoms with E-state index in [1.165, 1.54) is 7.11 Å². The van der Waals surface area contributed by atoms with Crippen molar-refractivity contribution in [2.24, 2.45) is 0 Å². The van der Waals surface area contributed by atoms with Crippen LogP contribution >= 0.6 is 11.6 Å². The minimum Gasteiger partial charge on any atom is -0.495 e. The van der Waals surface area contributed by atoms with Crippen LogP contribution in [0.2, 0.25) is 5.02 Å². The van der Waals surface area contributed by atoms with Crippen LogP contribution in [0.1, 0.15) is 27.2 Å². The number of amides is 1. The first-order valence-corrected chi connectivity index (χ1v) is 8.73. The number of hydrogen-bond acceptors (Lipinski definition) is 5. The second-order valence-electron chi connectivity index (χ2n) is 6.38. The Bertz CT molecular complexity index is 1060. The van der Waals surface area contributed by atoms with E-state index in [1.54, 1.807) is 12.1 Å². The van der Waals surface area contributed by atoms with Crippen LogP contribution in [0.4, 0.5) is 5.69 Å². The number of anilines is 1. The van der Waals surface area contributed by atoms with E-state index in [-0.39, 0.29) is 12.3 Å². The minimum absolute atomic E-state index is 0.187. The van der Waals surface area contributed by atoms with E-state index >= 15 is 0 Å². The third-order valence-electron chi connectivity index (χ3n) is 4.48. The molecule has 0 unspecified atom stereocenters. The molecule has 1 aliphatic heterocycles. The van der Waals surface area contributed by atoms with E-state index < -0.39 is 5.91 Å². The van der Waals surface area contributed by atoms with Gasteiger partial charge in [-0.1, -0.05) is 28.4 Å². The fourth-order valence-electron chi connectivity index (χ4n) is 3.04. The quantitative estimate of drug-likeness (QED) is 0.704. The molecular formula is C20H17ClN2O4. The number of hydrogen-bond donors (Lipinski definition) is 1. The number of nitrogens with zero attached hydrogens (tertiary/aromatic N) is 1. The van der Waals surface area contributed by atoms with E-state index in [1.807, 2.05) is 32.0 Å². The molecule has 0 saturated heterocycles. The third-order valence-corrected chi connectivity index (χ3v) is 4.89. The van der Waals surface area contributed by atoms with Gasteiger partial charge in [0, 0.05) is 11.1 Å². The highest BCUT2D eigenvalue weighted by atomic mass is 35.5. The summed E-state index contributed by atoms with van der Waals surface area (Å²) in [6.07, 6.45) is 0. The molecular weight excluding hydrogens is 368 g/mol. The SMILES string of the molecule is COc1cc(Cl)c(C)cc1NC(=O)c1noc2c1COc1ccc(C)cc1-2. The highest BCUT2D eigenvalue weighted by Crippen LogP contribution is 2.39. The van der Waals surface area contributed by atoms with Crippen LogP contribution in [0.3, 0.4) is 0 Å². The fraction of sp³-hybridized carbons (Fsp3) is 0.200. The highest BCUT2D eigenvalue weighted by Gasteiger charge is 2.29. The third kappa shape index (κ3) is 3.02. The number of fused-ring (bicyclic) bond motifs is 3. The lowest BCUT2D eigenvalue weighted by Crippen LogP contribution is -2.17. The van der Waals surface area contributed by atoms with Crippen LogP contribution in [0, 0.1) is 13.8 Å². The Morgan fingerprint density at radius 2 is 2.07 bits per heavy atom. The van der Waals surface area contributed by atoms with E-state index in [0.717, 1.165) is 16.7 Å². The number of methoxy groups -OCH3 is 1. The maximum atomic E-state index is 12.8. The van der Waals surface area contributed by atoms with E-state index in [0.29, 0.717) is 33.5 Å².